The van der Waals surface area contributed by atoms with Crippen LogP contribution in [0, 0.1) is 0 Å². The van der Waals surface area contributed by atoms with Gasteiger partial charge in [0.1, 0.15) is 0 Å². The van der Waals surface area contributed by atoms with E-state index in [1.165, 1.54) is 16.0 Å². The maximum atomic E-state index is 5.60. The van der Waals surface area contributed by atoms with Crippen molar-refractivity contribution < 1.29 is 8.85 Å². The topological polar surface area (TPSA) is 18.5 Å². The van der Waals surface area contributed by atoms with Crippen molar-refractivity contribution in [2.75, 3.05) is 14.2 Å². The summed E-state index contributed by atoms with van der Waals surface area (Å²) in [5, 5.41) is 3.64. The van der Waals surface area contributed by atoms with E-state index in [0.717, 1.165) is 0 Å². The first-order valence-corrected chi connectivity index (χ1v) is 7.61. The average molecular weight is 232 g/mol. The van der Waals surface area contributed by atoms with E-state index in [4.69, 9.17) is 8.85 Å². The molecule has 0 unspecified atom stereocenters. The smallest absolute Gasteiger partial charge is 0.369 e. The zero-order valence-electron chi connectivity index (χ0n) is 9.86. The van der Waals surface area contributed by atoms with Gasteiger partial charge in [-0.2, -0.15) is 0 Å². The number of rotatable bonds is 3. The molecule has 0 radical (unpaired) electrons. The minimum atomic E-state index is -2.24. The summed E-state index contributed by atoms with van der Waals surface area (Å²) in [4.78, 5) is 0. The molecule has 0 aliphatic carbocycles. The van der Waals surface area contributed by atoms with E-state index in [1.54, 1.807) is 14.2 Å². The predicted molar refractivity (Wildman–Crippen MR) is 69.2 cm³/mol. The number of benzene rings is 2. The van der Waals surface area contributed by atoms with Crippen LogP contribution < -0.4 is 5.19 Å². The number of hydrogen-bond donors (Lipinski definition) is 0. The molecule has 0 atom stereocenters. The van der Waals surface area contributed by atoms with Gasteiger partial charge in [0.05, 0.1) is 0 Å². The Labute approximate surface area is 97.1 Å². The van der Waals surface area contributed by atoms with E-state index in [-0.39, 0.29) is 0 Å². The lowest BCUT2D eigenvalue weighted by Crippen LogP contribution is -2.49. The van der Waals surface area contributed by atoms with E-state index in [2.05, 4.69) is 36.9 Å². The SMILES string of the molecule is CO[Si](C)(OC)c1cccc2ccccc12. The molecule has 2 nitrogen and oxygen atoms in total. The lowest BCUT2D eigenvalue weighted by Gasteiger charge is -2.24. The summed E-state index contributed by atoms with van der Waals surface area (Å²) < 4.78 is 11.2. The van der Waals surface area contributed by atoms with Gasteiger partial charge in [0, 0.05) is 19.4 Å². The highest BCUT2D eigenvalue weighted by Gasteiger charge is 2.33. The Morgan fingerprint density at radius 2 is 1.50 bits per heavy atom. The Morgan fingerprint density at radius 3 is 2.19 bits per heavy atom. The minimum Gasteiger partial charge on any atom is -0.394 e. The van der Waals surface area contributed by atoms with Crippen LogP contribution >= 0.6 is 0 Å². The van der Waals surface area contributed by atoms with E-state index in [0.29, 0.717) is 0 Å². The first kappa shape index (κ1) is 11.3. The third-order valence-electron chi connectivity index (χ3n) is 3.06. The average Bonchev–Trinajstić information content (AvgIpc) is 2.37. The van der Waals surface area contributed by atoms with Crippen molar-refractivity contribution in [2.45, 2.75) is 6.55 Å². The Balaban J connectivity index is 2.69. The molecule has 0 amide bonds. The highest BCUT2D eigenvalue weighted by molar-refractivity contribution is 6.81. The maximum absolute atomic E-state index is 5.60. The zero-order valence-corrected chi connectivity index (χ0v) is 10.9. The fourth-order valence-electron chi connectivity index (χ4n) is 1.92. The van der Waals surface area contributed by atoms with Crippen molar-refractivity contribution in [1.29, 1.82) is 0 Å². The molecular formula is C13H16O2Si. The van der Waals surface area contributed by atoms with Crippen molar-refractivity contribution in [2.24, 2.45) is 0 Å². The molecule has 0 N–H and O–H groups in total. The Kier molecular flexibility index (Phi) is 3.09. The molecule has 3 heteroatoms. The van der Waals surface area contributed by atoms with Crippen molar-refractivity contribution in [3.8, 4) is 0 Å². The fraction of sp³-hybridized carbons (Fsp3) is 0.231. The van der Waals surface area contributed by atoms with Crippen molar-refractivity contribution in [1.82, 2.24) is 0 Å². The predicted octanol–water partition coefficient (Wildman–Crippen LogP) is 2.41. The van der Waals surface area contributed by atoms with Crippen molar-refractivity contribution in [3.63, 3.8) is 0 Å². The quantitative estimate of drug-likeness (QED) is 0.757. The molecule has 2 aromatic rings. The summed E-state index contributed by atoms with van der Waals surface area (Å²) in [6.07, 6.45) is 0. The van der Waals surface area contributed by atoms with Gasteiger partial charge in [-0.1, -0.05) is 42.5 Å². The van der Waals surface area contributed by atoms with Gasteiger partial charge >= 0.3 is 8.56 Å². The molecule has 16 heavy (non-hydrogen) atoms. The lowest BCUT2D eigenvalue weighted by atomic mass is 10.1. The van der Waals surface area contributed by atoms with Gasteiger partial charge in [0.15, 0.2) is 0 Å². The van der Waals surface area contributed by atoms with Crippen LogP contribution in [0.2, 0.25) is 6.55 Å². The second-order valence-corrected chi connectivity index (χ2v) is 7.13. The maximum Gasteiger partial charge on any atom is 0.369 e. The van der Waals surface area contributed by atoms with E-state index in [9.17, 15) is 0 Å². The summed E-state index contributed by atoms with van der Waals surface area (Å²) >= 11 is 0. The van der Waals surface area contributed by atoms with Gasteiger partial charge in [0.25, 0.3) is 0 Å². The first-order chi connectivity index (χ1) is 7.71. The molecule has 0 bridgehead atoms. The molecule has 2 rings (SSSR count). The number of fused-ring (bicyclic) bond motifs is 1. The van der Waals surface area contributed by atoms with Gasteiger partial charge in [0.2, 0.25) is 0 Å². The van der Waals surface area contributed by atoms with Crippen molar-refractivity contribution >= 4 is 24.5 Å². The molecule has 0 fully saturated rings. The van der Waals surface area contributed by atoms with Crippen LogP contribution in [0.5, 0.6) is 0 Å². The van der Waals surface area contributed by atoms with Crippen molar-refractivity contribution in [3.05, 3.63) is 42.5 Å². The van der Waals surface area contributed by atoms with Crippen LogP contribution in [-0.2, 0) is 8.85 Å². The van der Waals surface area contributed by atoms with Gasteiger partial charge in [-0.25, -0.2) is 0 Å². The second kappa shape index (κ2) is 4.37. The third kappa shape index (κ3) is 1.77. The van der Waals surface area contributed by atoms with E-state index < -0.39 is 8.56 Å². The summed E-state index contributed by atoms with van der Waals surface area (Å²) in [5.41, 5.74) is 0. The summed E-state index contributed by atoms with van der Waals surface area (Å²) in [7, 11) is 1.20. The highest BCUT2D eigenvalue weighted by Crippen LogP contribution is 2.16. The van der Waals surface area contributed by atoms with Gasteiger partial charge < -0.3 is 8.85 Å². The normalized spacial score (nSPS) is 11.9. The summed E-state index contributed by atoms with van der Waals surface area (Å²) in [5.74, 6) is 0. The van der Waals surface area contributed by atoms with Crippen LogP contribution in [-0.4, -0.2) is 22.8 Å². The number of hydrogen-bond acceptors (Lipinski definition) is 2. The first-order valence-electron chi connectivity index (χ1n) is 5.30. The molecule has 0 saturated heterocycles. The molecule has 0 saturated carbocycles. The Morgan fingerprint density at radius 1 is 0.875 bits per heavy atom. The largest absolute Gasteiger partial charge is 0.394 e. The van der Waals surface area contributed by atoms with Crippen LogP contribution in [0.15, 0.2) is 42.5 Å². The highest BCUT2D eigenvalue weighted by atomic mass is 28.4. The van der Waals surface area contributed by atoms with Gasteiger partial charge in [-0.15, -0.1) is 0 Å². The Hall–Kier alpha value is -1.16. The second-order valence-electron chi connectivity index (χ2n) is 3.88. The van der Waals surface area contributed by atoms with Gasteiger partial charge in [-0.3, -0.25) is 0 Å². The van der Waals surface area contributed by atoms with Crippen LogP contribution in [0.4, 0.5) is 0 Å². The standard InChI is InChI=1S/C13H16O2Si/c1-14-16(3,15-2)13-10-6-8-11-7-4-5-9-12(11)13/h4-10H,1-3H3. The molecule has 0 heterocycles. The molecule has 0 aliphatic rings. The Bertz CT molecular complexity index is 487. The third-order valence-corrected chi connectivity index (χ3v) is 6.03. The van der Waals surface area contributed by atoms with E-state index >= 15 is 0 Å². The van der Waals surface area contributed by atoms with Crippen LogP contribution in [0.3, 0.4) is 0 Å². The van der Waals surface area contributed by atoms with Crippen LogP contribution in [0.1, 0.15) is 0 Å². The molecular weight excluding hydrogens is 216 g/mol. The fourth-order valence-corrected chi connectivity index (χ4v) is 3.65. The van der Waals surface area contributed by atoms with Gasteiger partial charge in [-0.05, 0) is 17.3 Å². The van der Waals surface area contributed by atoms with Crippen LogP contribution in [0.25, 0.3) is 10.8 Å². The zero-order chi connectivity index (χ0) is 11.6. The molecule has 0 aromatic heterocycles. The molecule has 84 valence electrons. The summed E-state index contributed by atoms with van der Waals surface area (Å²) in [6.45, 7) is 2.06. The minimum absolute atomic E-state index is 1.19. The monoisotopic (exact) mass is 232 g/mol. The summed E-state index contributed by atoms with van der Waals surface area (Å²) in [6, 6.07) is 14.6. The molecule has 0 aliphatic heterocycles. The molecule has 0 spiro atoms. The lowest BCUT2D eigenvalue weighted by molar-refractivity contribution is 0.265. The molecule has 2 aromatic carbocycles. The van der Waals surface area contributed by atoms with E-state index in [1.807, 2.05) is 12.1 Å².